The van der Waals surface area contributed by atoms with Crippen LogP contribution in [0.25, 0.3) is 0 Å². The summed E-state index contributed by atoms with van der Waals surface area (Å²) in [5.41, 5.74) is -0.330. The molecule has 1 fully saturated rings. The molecule has 1 N–H and O–H groups in total. The van der Waals surface area contributed by atoms with E-state index in [1.54, 1.807) is 0 Å². The zero-order chi connectivity index (χ0) is 22.9. The summed E-state index contributed by atoms with van der Waals surface area (Å²) in [4.78, 5) is 7.43. The summed E-state index contributed by atoms with van der Waals surface area (Å²) < 4.78 is 80.7. The van der Waals surface area contributed by atoms with E-state index in [2.05, 4.69) is 19.6 Å². The number of halogens is 4. The van der Waals surface area contributed by atoms with E-state index in [1.165, 1.54) is 30.5 Å². The molecule has 2 aromatic rings. The Morgan fingerprint density at radius 2 is 1.72 bits per heavy atom. The molecule has 0 amide bonds. The summed E-state index contributed by atoms with van der Waals surface area (Å²) >= 11 is 0. The predicted molar refractivity (Wildman–Crippen MR) is 110 cm³/mol. The van der Waals surface area contributed by atoms with Crippen LogP contribution in [0.2, 0.25) is 0 Å². The topological polar surface area (TPSA) is 77.9 Å². The highest BCUT2D eigenvalue weighted by Crippen LogP contribution is 2.30. The Bertz CT molecular complexity index is 1120. The van der Waals surface area contributed by atoms with Gasteiger partial charge in [-0.25, -0.2) is 4.39 Å². The van der Waals surface area contributed by atoms with Gasteiger partial charge in [-0.1, -0.05) is 12.1 Å². The van der Waals surface area contributed by atoms with Crippen molar-refractivity contribution in [2.24, 2.45) is 4.40 Å². The fourth-order valence-electron chi connectivity index (χ4n) is 3.77. The number of amidine groups is 1. The Labute approximate surface area is 182 Å². The number of pyridine rings is 1. The number of nitrogens with one attached hydrogen (secondary N) is 1. The number of para-hydroxylation sites is 1. The summed E-state index contributed by atoms with van der Waals surface area (Å²) in [6.07, 6.45) is -2.45. The van der Waals surface area contributed by atoms with Crippen molar-refractivity contribution in [2.45, 2.75) is 24.0 Å². The minimum Gasteiger partial charge on any atom is -0.338 e. The van der Waals surface area contributed by atoms with Gasteiger partial charge in [-0.3, -0.25) is 14.8 Å². The van der Waals surface area contributed by atoms with E-state index in [0.717, 1.165) is 19.0 Å². The number of hydrogen-bond donors (Lipinski definition) is 1. The van der Waals surface area contributed by atoms with Crippen molar-refractivity contribution in [3.05, 3.63) is 53.6 Å². The molecule has 0 unspecified atom stereocenters. The number of sulfonamides is 1. The molecule has 2 aliphatic heterocycles. The van der Waals surface area contributed by atoms with Crippen molar-refractivity contribution < 1.29 is 26.0 Å². The normalized spacial score (nSPS) is 19.6. The molecular weight excluding hydrogens is 450 g/mol. The lowest BCUT2D eigenvalue weighted by molar-refractivity contribution is -0.141. The summed E-state index contributed by atoms with van der Waals surface area (Å²) in [6.45, 7) is 3.30. The van der Waals surface area contributed by atoms with E-state index < -0.39 is 27.7 Å². The molecule has 0 spiro atoms. The average Bonchev–Trinajstić information content (AvgIpc) is 2.93. The molecule has 172 valence electrons. The van der Waals surface area contributed by atoms with E-state index in [0.29, 0.717) is 31.7 Å². The van der Waals surface area contributed by atoms with Gasteiger partial charge in [0.05, 0.1) is 12.2 Å². The summed E-state index contributed by atoms with van der Waals surface area (Å²) in [5, 5.41) is 2.80. The Balaban J connectivity index is 1.37. The van der Waals surface area contributed by atoms with E-state index in [4.69, 9.17) is 0 Å². The quantitative estimate of drug-likeness (QED) is 0.691. The molecule has 1 aromatic carbocycles. The number of anilines is 1. The first-order valence-corrected chi connectivity index (χ1v) is 11.4. The fourth-order valence-corrected chi connectivity index (χ4v) is 4.92. The highest BCUT2D eigenvalue weighted by Gasteiger charge is 2.32. The van der Waals surface area contributed by atoms with Crippen LogP contribution in [0.1, 0.15) is 17.7 Å². The van der Waals surface area contributed by atoms with Crippen LogP contribution in [-0.2, 0) is 22.7 Å². The molecule has 4 rings (SSSR count). The number of aromatic nitrogens is 1. The largest absolute Gasteiger partial charge is 0.433 e. The van der Waals surface area contributed by atoms with Crippen molar-refractivity contribution >= 4 is 21.5 Å². The molecule has 1 aromatic heterocycles. The van der Waals surface area contributed by atoms with Crippen molar-refractivity contribution in [3.63, 3.8) is 0 Å². The summed E-state index contributed by atoms with van der Waals surface area (Å²) in [5.74, 6) is -0.506. The van der Waals surface area contributed by atoms with Gasteiger partial charge in [-0.2, -0.15) is 21.6 Å². The first kappa shape index (κ1) is 22.6. The molecule has 12 heteroatoms. The van der Waals surface area contributed by atoms with Crippen molar-refractivity contribution in [1.82, 2.24) is 14.8 Å². The maximum absolute atomic E-state index is 14.1. The zero-order valence-corrected chi connectivity index (χ0v) is 17.8. The molecule has 7 nitrogen and oxygen atoms in total. The summed E-state index contributed by atoms with van der Waals surface area (Å²) in [6, 6.07) is 6.22. The number of rotatable bonds is 4. The van der Waals surface area contributed by atoms with Gasteiger partial charge in [-0.05, 0) is 43.3 Å². The maximum Gasteiger partial charge on any atom is 0.433 e. The lowest BCUT2D eigenvalue weighted by Crippen LogP contribution is -2.38. The first-order chi connectivity index (χ1) is 15.1. The van der Waals surface area contributed by atoms with Gasteiger partial charge in [0.2, 0.25) is 0 Å². The van der Waals surface area contributed by atoms with Gasteiger partial charge >= 0.3 is 6.18 Å². The monoisotopic (exact) mass is 471 g/mol. The first-order valence-electron chi connectivity index (χ1n) is 9.98. The third-order valence-electron chi connectivity index (χ3n) is 5.33. The molecular formula is C20H21F4N5O2S. The van der Waals surface area contributed by atoms with Gasteiger partial charge < -0.3 is 5.32 Å². The highest BCUT2D eigenvalue weighted by molar-refractivity contribution is 7.90. The van der Waals surface area contributed by atoms with Gasteiger partial charge in [0.25, 0.3) is 10.0 Å². The number of hydrogen-bond acceptors (Lipinski definition) is 6. The lowest BCUT2D eigenvalue weighted by Gasteiger charge is -2.25. The van der Waals surface area contributed by atoms with Crippen LogP contribution in [0.4, 0.5) is 23.2 Å². The van der Waals surface area contributed by atoms with Crippen LogP contribution in [0.15, 0.2) is 45.8 Å². The zero-order valence-electron chi connectivity index (χ0n) is 16.9. The third kappa shape index (κ3) is 5.08. The number of alkyl halides is 3. The highest BCUT2D eigenvalue weighted by atomic mass is 32.2. The van der Waals surface area contributed by atoms with Crippen LogP contribution in [0.5, 0.6) is 0 Å². The molecule has 0 bridgehead atoms. The molecule has 0 radical (unpaired) electrons. The van der Waals surface area contributed by atoms with Crippen LogP contribution in [0, 0.1) is 5.82 Å². The molecule has 2 aliphatic rings. The summed E-state index contributed by atoms with van der Waals surface area (Å²) in [7, 11) is -3.98. The van der Waals surface area contributed by atoms with Crippen LogP contribution in [0.3, 0.4) is 0 Å². The Kier molecular flexibility index (Phi) is 6.19. The fraction of sp³-hybridized carbons (Fsp3) is 0.400. The number of nitrogens with zero attached hydrogens (tertiary/aromatic N) is 4. The van der Waals surface area contributed by atoms with Crippen LogP contribution < -0.4 is 5.32 Å². The third-order valence-corrected chi connectivity index (χ3v) is 6.69. The molecule has 0 atom stereocenters. The number of fused-ring (bicyclic) bond motifs is 1. The second-order valence-electron chi connectivity index (χ2n) is 7.71. The second kappa shape index (κ2) is 8.75. The molecule has 0 aliphatic carbocycles. The van der Waals surface area contributed by atoms with Crippen LogP contribution in [-0.4, -0.2) is 61.8 Å². The molecule has 3 heterocycles. The van der Waals surface area contributed by atoms with Crippen molar-refractivity contribution in [3.8, 4) is 0 Å². The van der Waals surface area contributed by atoms with Gasteiger partial charge in [-0.15, -0.1) is 4.40 Å². The molecule has 0 saturated carbocycles. The van der Waals surface area contributed by atoms with Gasteiger partial charge in [0, 0.05) is 25.8 Å². The minimum atomic E-state index is -4.46. The smallest absolute Gasteiger partial charge is 0.338 e. The molecule has 32 heavy (non-hydrogen) atoms. The number of benzene rings is 1. The minimum absolute atomic E-state index is 0.0937. The SMILES string of the molecule is O=S1(=O)N=C(CN2CCCN(Cc3ccc(C(F)(F)F)nc3)CC2)Nc2c(F)cccc21. The van der Waals surface area contributed by atoms with E-state index in [1.807, 2.05) is 4.90 Å². The van der Waals surface area contributed by atoms with Gasteiger partial charge in [0.1, 0.15) is 22.2 Å². The Hall–Kier alpha value is -2.57. The Morgan fingerprint density at radius 3 is 2.38 bits per heavy atom. The van der Waals surface area contributed by atoms with Crippen LogP contribution >= 0.6 is 0 Å². The van der Waals surface area contributed by atoms with Gasteiger partial charge in [0.15, 0.2) is 0 Å². The Morgan fingerprint density at radius 1 is 1.00 bits per heavy atom. The van der Waals surface area contributed by atoms with E-state index in [-0.39, 0.29) is 23.0 Å². The van der Waals surface area contributed by atoms with E-state index >= 15 is 0 Å². The van der Waals surface area contributed by atoms with Crippen molar-refractivity contribution in [1.29, 1.82) is 0 Å². The maximum atomic E-state index is 14.1. The average molecular weight is 471 g/mol. The molecule has 1 saturated heterocycles. The second-order valence-corrected chi connectivity index (χ2v) is 9.28. The predicted octanol–water partition coefficient (Wildman–Crippen LogP) is 2.96. The van der Waals surface area contributed by atoms with E-state index in [9.17, 15) is 26.0 Å². The lowest BCUT2D eigenvalue weighted by atomic mass is 10.2. The van der Waals surface area contributed by atoms with Crippen molar-refractivity contribution in [2.75, 3.05) is 38.0 Å². The standard InChI is InChI=1S/C20H21F4N5O2S/c21-15-3-1-4-16-19(15)26-18(27-32(16,30)31)13-29-8-2-7-28(9-10-29)12-14-5-6-17(25-11-14)20(22,23)24/h1,3-6,11H,2,7-10,12-13H2,(H,26,27).